The third kappa shape index (κ3) is 2.32. The van der Waals surface area contributed by atoms with Crippen molar-refractivity contribution in [2.24, 2.45) is 10.9 Å². The van der Waals surface area contributed by atoms with Gasteiger partial charge in [-0.15, -0.1) is 0 Å². The van der Waals surface area contributed by atoms with Crippen molar-refractivity contribution in [1.82, 2.24) is 0 Å². The number of para-hydroxylation sites is 1. The van der Waals surface area contributed by atoms with Crippen LogP contribution in [0.4, 0.5) is 11.4 Å². The molecule has 0 saturated heterocycles. The summed E-state index contributed by atoms with van der Waals surface area (Å²) in [4.78, 5) is 2.19. The minimum absolute atomic E-state index is 0.0817. The average molecular weight is 302 g/mol. The lowest BCUT2D eigenvalue weighted by Gasteiger charge is -2.27. The molecule has 1 heterocycles. The van der Waals surface area contributed by atoms with Crippen molar-refractivity contribution in [3.8, 4) is 0 Å². The highest BCUT2D eigenvalue weighted by Gasteiger charge is 2.29. The van der Waals surface area contributed by atoms with E-state index in [0.717, 1.165) is 17.8 Å². The van der Waals surface area contributed by atoms with Crippen LogP contribution in [0.1, 0.15) is 18.1 Å². The molecule has 2 aromatic carbocycles. The third-order valence-corrected chi connectivity index (χ3v) is 4.05. The molecule has 3 N–H and O–H groups in total. The third-order valence-electron chi connectivity index (χ3n) is 3.81. The summed E-state index contributed by atoms with van der Waals surface area (Å²) in [5.74, 6) is 0.0817. The lowest BCUT2D eigenvalue weighted by molar-refractivity contribution is 0.318. The van der Waals surface area contributed by atoms with E-state index in [4.69, 9.17) is 22.5 Å². The Balaban J connectivity index is 2.19. The van der Waals surface area contributed by atoms with Gasteiger partial charge in [-0.2, -0.15) is 0 Å². The number of hydrogen-bond acceptors (Lipinski definition) is 3. The number of fused-ring (bicyclic) bond motifs is 1. The quantitative estimate of drug-likeness (QED) is 0.386. The normalized spacial score (nSPS) is 17.9. The summed E-state index contributed by atoms with van der Waals surface area (Å²) in [6.07, 6.45) is 0.957. The molecule has 0 aromatic heterocycles. The van der Waals surface area contributed by atoms with Gasteiger partial charge in [-0.05, 0) is 43.2 Å². The van der Waals surface area contributed by atoms with Crippen molar-refractivity contribution in [2.45, 2.75) is 19.4 Å². The minimum Gasteiger partial charge on any atom is -0.409 e. The Morgan fingerprint density at radius 1 is 1.29 bits per heavy atom. The molecule has 108 valence electrons. The largest absolute Gasteiger partial charge is 0.409 e. The van der Waals surface area contributed by atoms with E-state index in [9.17, 15) is 0 Å². The Morgan fingerprint density at radius 2 is 2.05 bits per heavy atom. The molecule has 1 aliphatic heterocycles. The fraction of sp³-hybridized carbons (Fsp3) is 0.188. The van der Waals surface area contributed by atoms with Gasteiger partial charge in [0, 0.05) is 22.3 Å². The molecule has 0 spiro atoms. The lowest BCUT2D eigenvalue weighted by Crippen LogP contribution is -2.27. The molecule has 21 heavy (non-hydrogen) atoms. The zero-order chi connectivity index (χ0) is 15.0. The van der Waals surface area contributed by atoms with E-state index in [2.05, 4.69) is 29.1 Å². The summed E-state index contributed by atoms with van der Waals surface area (Å²) in [5.41, 5.74) is 9.76. The molecule has 0 fully saturated rings. The number of hydrogen-bond donors (Lipinski definition) is 2. The van der Waals surface area contributed by atoms with E-state index < -0.39 is 0 Å². The number of benzene rings is 2. The second-order valence-electron chi connectivity index (χ2n) is 5.20. The molecule has 0 aliphatic carbocycles. The summed E-state index contributed by atoms with van der Waals surface area (Å²) >= 11 is 6.15. The molecule has 5 heteroatoms. The van der Waals surface area contributed by atoms with Gasteiger partial charge in [0.1, 0.15) is 0 Å². The maximum atomic E-state index is 9.00. The van der Waals surface area contributed by atoms with Gasteiger partial charge in [-0.3, -0.25) is 0 Å². The SMILES string of the molecule is CC1Cc2ccccc2N1c1cc(Cl)ccc1C(N)=NO. The molecule has 2 aromatic rings. The molecule has 3 rings (SSSR count). The van der Waals surface area contributed by atoms with Gasteiger partial charge in [0.05, 0.1) is 5.69 Å². The molecule has 0 amide bonds. The second-order valence-corrected chi connectivity index (χ2v) is 5.64. The standard InChI is InChI=1S/C16H16ClN3O/c1-10-8-11-4-2-3-5-14(11)20(10)15-9-12(17)6-7-13(15)16(18)19-21/h2-7,9-10,21H,8H2,1H3,(H2,18,19). The second kappa shape index (κ2) is 5.30. The van der Waals surface area contributed by atoms with E-state index in [1.54, 1.807) is 12.1 Å². The Bertz CT molecular complexity index is 714. The monoisotopic (exact) mass is 301 g/mol. The van der Waals surface area contributed by atoms with Crippen LogP contribution in [0.2, 0.25) is 5.02 Å². The van der Waals surface area contributed by atoms with Crippen LogP contribution in [0.15, 0.2) is 47.6 Å². The lowest BCUT2D eigenvalue weighted by atomic mass is 10.1. The van der Waals surface area contributed by atoms with Crippen LogP contribution in [0.5, 0.6) is 0 Å². The molecule has 1 atom stereocenters. The first-order chi connectivity index (χ1) is 10.1. The molecular weight excluding hydrogens is 286 g/mol. The van der Waals surface area contributed by atoms with Crippen molar-refractivity contribution < 1.29 is 5.21 Å². The van der Waals surface area contributed by atoms with Crippen molar-refractivity contribution in [2.75, 3.05) is 4.90 Å². The molecule has 0 radical (unpaired) electrons. The van der Waals surface area contributed by atoms with Crippen LogP contribution < -0.4 is 10.6 Å². The highest BCUT2D eigenvalue weighted by atomic mass is 35.5. The Morgan fingerprint density at radius 3 is 2.81 bits per heavy atom. The maximum Gasteiger partial charge on any atom is 0.172 e. The Hall–Kier alpha value is -2.20. The molecular formula is C16H16ClN3O. The van der Waals surface area contributed by atoms with Crippen LogP contribution in [-0.4, -0.2) is 17.1 Å². The van der Waals surface area contributed by atoms with Gasteiger partial charge in [0.15, 0.2) is 5.84 Å². The highest BCUT2D eigenvalue weighted by Crippen LogP contribution is 2.40. The predicted octanol–water partition coefficient (Wildman–Crippen LogP) is 3.52. The van der Waals surface area contributed by atoms with E-state index in [1.165, 1.54) is 5.56 Å². The Labute approximate surface area is 128 Å². The summed E-state index contributed by atoms with van der Waals surface area (Å²) in [6.45, 7) is 2.15. The highest BCUT2D eigenvalue weighted by molar-refractivity contribution is 6.31. The molecule has 1 unspecified atom stereocenters. The van der Waals surface area contributed by atoms with Crippen molar-refractivity contribution in [1.29, 1.82) is 0 Å². The Kier molecular flexibility index (Phi) is 3.47. The van der Waals surface area contributed by atoms with Crippen LogP contribution in [0, 0.1) is 0 Å². The van der Waals surface area contributed by atoms with Gasteiger partial charge >= 0.3 is 0 Å². The molecule has 0 saturated carbocycles. The van der Waals surface area contributed by atoms with Crippen molar-refractivity contribution >= 4 is 28.8 Å². The van der Waals surface area contributed by atoms with Gasteiger partial charge in [0.2, 0.25) is 0 Å². The molecule has 4 nitrogen and oxygen atoms in total. The van der Waals surface area contributed by atoms with Crippen LogP contribution in [0.25, 0.3) is 0 Å². The summed E-state index contributed by atoms with van der Waals surface area (Å²) in [5, 5.41) is 12.7. The average Bonchev–Trinajstić information content (AvgIpc) is 2.82. The van der Waals surface area contributed by atoms with Crippen molar-refractivity contribution in [3.05, 3.63) is 58.6 Å². The minimum atomic E-state index is 0.0817. The fourth-order valence-electron chi connectivity index (χ4n) is 2.91. The van der Waals surface area contributed by atoms with Crippen LogP contribution in [-0.2, 0) is 6.42 Å². The fourth-order valence-corrected chi connectivity index (χ4v) is 3.07. The number of nitrogens with two attached hydrogens (primary N) is 1. The molecule has 0 bridgehead atoms. The topological polar surface area (TPSA) is 61.8 Å². The number of anilines is 2. The summed E-state index contributed by atoms with van der Waals surface area (Å²) in [7, 11) is 0. The van der Waals surface area contributed by atoms with E-state index >= 15 is 0 Å². The smallest absolute Gasteiger partial charge is 0.172 e. The van der Waals surface area contributed by atoms with Crippen molar-refractivity contribution in [3.63, 3.8) is 0 Å². The van der Waals surface area contributed by atoms with Crippen LogP contribution >= 0.6 is 11.6 Å². The number of rotatable bonds is 2. The number of amidine groups is 1. The van der Waals surface area contributed by atoms with Gasteiger partial charge in [0.25, 0.3) is 0 Å². The first-order valence-electron chi connectivity index (χ1n) is 6.76. The first kappa shape index (κ1) is 13.8. The first-order valence-corrected chi connectivity index (χ1v) is 7.14. The number of halogens is 1. The van der Waals surface area contributed by atoms with Gasteiger partial charge in [-0.1, -0.05) is 35.0 Å². The van der Waals surface area contributed by atoms with Gasteiger partial charge in [-0.25, -0.2) is 0 Å². The zero-order valence-electron chi connectivity index (χ0n) is 11.6. The predicted molar refractivity (Wildman–Crippen MR) is 85.7 cm³/mol. The number of oxime groups is 1. The van der Waals surface area contributed by atoms with E-state index in [-0.39, 0.29) is 11.9 Å². The zero-order valence-corrected chi connectivity index (χ0v) is 12.4. The van der Waals surface area contributed by atoms with E-state index in [0.29, 0.717) is 10.6 Å². The van der Waals surface area contributed by atoms with E-state index in [1.807, 2.05) is 18.2 Å². The summed E-state index contributed by atoms with van der Waals surface area (Å²) < 4.78 is 0. The maximum absolute atomic E-state index is 9.00. The number of nitrogens with zero attached hydrogens (tertiary/aromatic N) is 2. The van der Waals surface area contributed by atoms with Gasteiger partial charge < -0.3 is 15.8 Å². The summed E-state index contributed by atoms with van der Waals surface area (Å²) in [6, 6.07) is 13.9. The molecule has 1 aliphatic rings. The van der Waals surface area contributed by atoms with Crippen LogP contribution in [0.3, 0.4) is 0 Å².